The Bertz CT molecular complexity index is 697. The summed E-state index contributed by atoms with van der Waals surface area (Å²) < 4.78 is 11.5. The van der Waals surface area contributed by atoms with Gasteiger partial charge in [-0.05, 0) is 31.2 Å². The topological polar surface area (TPSA) is 106 Å². The monoisotopic (exact) mass is 291 g/mol. The number of benzene rings is 1. The fourth-order valence-electron chi connectivity index (χ4n) is 1.85. The molecule has 20 heavy (non-hydrogen) atoms. The van der Waals surface area contributed by atoms with E-state index in [0.29, 0.717) is 23.5 Å². The molecule has 0 aromatic heterocycles. The number of rotatable bonds is 3. The van der Waals surface area contributed by atoms with Crippen molar-refractivity contribution in [3.63, 3.8) is 0 Å². The zero-order valence-corrected chi connectivity index (χ0v) is 11.7. The van der Waals surface area contributed by atoms with Gasteiger partial charge >= 0.3 is 7.60 Å². The van der Waals surface area contributed by atoms with Crippen molar-refractivity contribution < 1.29 is 19.1 Å². The summed E-state index contributed by atoms with van der Waals surface area (Å²) in [5.41, 5.74) is 11.0. The van der Waals surface area contributed by atoms with E-state index >= 15 is 0 Å². The van der Waals surface area contributed by atoms with Crippen molar-refractivity contribution in [3.05, 3.63) is 53.2 Å². The summed E-state index contributed by atoms with van der Waals surface area (Å²) in [7, 11) is -4.35. The highest BCUT2D eigenvalue weighted by atomic mass is 31.2. The SMILES string of the molecule is Cc1ccc(NC2=CCC(=[N+]=[N-])C=C2)c(P(=O)(O)O)c1. The highest BCUT2D eigenvalue weighted by Crippen LogP contribution is 2.37. The fraction of sp³-hybridized carbons (Fsp3) is 0.154. The quantitative estimate of drug-likeness (QED) is 0.448. The Hall–Kier alpha value is -1.97. The molecule has 1 aromatic rings. The Morgan fingerprint density at radius 2 is 2.10 bits per heavy atom. The van der Waals surface area contributed by atoms with Crippen LogP contribution in [0.2, 0.25) is 0 Å². The fourth-order valence-corrected chi connectivity index (χ4v) is 2.66. The van der Waals surface area contributed by atoms with Crippen LogP contribution in [0, 0.1) is 6.92 Å². The van der Waals surface area contributed by atoms with Gasteiger partial charge < -0.3 is 20.6 Å². The van der Waals surface area contributed by atoms with Crippen molar-refractivity contribution >= 4 is 24.3 Å². The predicted octanol–water partition coefficient (Wildman–Crippen LogP) is 1.72. The van der Waals surface area contributed by atoms with Gasteiger partial charge in [-0.25, -0.2) is 0 Å². The molecule has 0 radical (unpaired) electrons. The lowest BCUT2D eigenvalue weighted by molar-refractivity contribution is -0.00540. The zero-order valence-electron chi connectivity index (χ0n) is 10.8. The second kappa shape index (κ2) is 5.57. The van der Waals surface area contributed by atoms with Gasteiger partial charge in [0.1, 0.15) is 0 Å². The lowest BCUT2D eigenvalue weighted by atomic mass is 10.1. The lowest BCUT2D eigenvalue weighted by Gasteiger charge is -2.15. The molecule has 0 amide bonds. The van der Waals surface area contributed by atoms with Gasteiger partial charge in [0.05, 0.1) is 17.4 Å². The molecule has 6 nitrogen and oxygen atoms in total. The van der Waals surface area contributed by atoms with Crippen molar-refractivity contribution in [1.29, 1.82) is 0 Å². The first-order chi connectivity index (χ1) is 9.40. The smallest absolute Gasteiger partial charge is 0.358 e. The van der Waals surface area contributed by atoms with Crippen molar-refractivity contribution in [3.8, 4) is 0 Å². The van der Waals surface area contributed by atoms with Crippen molar-refractivity contribution in [2.45, 2.75) is 13.3 Å². The number of aryl methyl sites for hydroxylation is 1. The second-order valence-corrected chi connectivity index (χ2v) is 6.05. The summed E-state index contributed by atoms with van der Waals surface area (Å²) >= 11 is 0. The molecule has 0 saturated heterocycles. The standard InChI is InChI=1S/C13H14N3O3P/c1-9-2-7-12(13(8-9)20(17,18)19)15-10-3-5-11(16-14)6-4-10/h2-5,7-8,15H,6H2,1H3,(H2,17,18,19). The van der Waals surface area contributed by atoms with Gasteiger partial charge in [-0.1, -0.05) is 11.6 Å². The van der Waals surface area contributed by atoms with Gasteiger partial charge in [-0.15, -0.1) is 0 Å². The Morgan fingerprint density at radius 1 is 1.35 bits per heavy atom. The molecule has 0 unspecified atom stereocenters. The van der Waals surface area contributed by atoms with E-state index in [1.807, 2.05) is 0 Å². The van der Waals surface area contributed by atoms with E-state index in [4.69, 9.17) is 5.53 Å². The van der Waals surface area contributed by atoms with Gasteiger partial charge in [0.2, 0.25) is 0 Å². The molecule has 0 saturated carbocycles. The molecule has 0 heterocycles. The minimum Gasteiger partial charge on any atom is -0.361 e. The van der Waals surface area contributed by atoms with E-state index in [0.717, 1.165) is 5.56 Å². The summed E-state index contributed by atoms with van der Waals surface area (Å²) in [5, 5.41) is 2.94. The zero-order chi connectivity index (χ0) is 14.8. The summed E-state index contributed by atoms with van der Waals surface area (Å²) in [5.74, 6) is 0. The molecule has 2 rings (SSSR count). The molecule has 0 fully saturated rings. The normalized spacial score (nSPS) is 14.8. The van der Waals surface area contributed by atoms with Crippen molar-refractivity contribution in [2.75, 3.05) is 5.32 Å². The van der Waals surface area contributed by atoms with E-state index in [-0.39, 0.29) is 5.30 Å². The van der Waals surface area contributed by atoms with Crippen LogP contribution in [-0.4, -0.2) is 20.3 Å². The first-order valence-electron chi connectivity index (χ1n) is 5.93. The predicted molar refractivity (Wildman–Crippen MR) is 76.9 cm³/mol. The van der Waals surface area contributed by atoms with E-state index in [2.05, 4.69) is 10.1 Å². The first-order valence-corrected chi connectivity index (χ1v) is 7.54. The largest absolute Gasteiger partial charge is 0.361 e. The minimum atomic E-state index is -4.35. The Kier molecular flexibility index (Phi) is 4.02. The molecule has 0 bridgehead atoms. The molecule has 3 N–H and O–H groups in total. The van der Waals surface area contributed by atoms with Gasteiger partial charge in [-0.3, -0.25) is 4.57 Å². The van der Waals surface area contributed by atoms with Crippen LogP contribution >= 0.6 is 7.60 Å². The number of allylic oxidation sites excluding steroid dienone is 3. The Labute approximate surface area is 116 Å². The number of nitrogens with zero attached hydrogens (tertiary/aromatic N) is 2. The summed E-state index contributed by atoms with van der Waals surface area (Å²) in [4.78, 5) is 21.9. The van der Waals surface area contributed by atoms with Crippen LogP contribution in [0.25, 0.3) is 5.53 Å². The third-order valence-electron chi connectivity index (χ3n) is 2.86. The van der Waals surface area contributed by atoms with Gasteiger partial charge in [0.15, 0.2) is 0 Å². The minimum absolute atomic E-state index is 0.0339. The first kappa shape index (κ1) is 14.4. The van der Waals surface area contributed by atoms with E-state index in [1.165, 1.54) is 6.07 Å². The molecule has 1 aliphatic carbocycles. The maximum Gasteiger partial charge on any atom is 0.358 e. The third kappa shape index (κ3) is 3.32. The van der Waals surface area contributed by atoms with Crippen molar-refractivity contribution in [2.24, 2.45) is 0 Å². The lowest BCUT2D eigenvalue weighted by Crippen LogP contribution is -2.14. The highest BCUT2D eigenvalue weighted by Gasteiger charge is 2.22. The Balaban J connectivity index is 2.32. The van der Waals surface area contributed by atoms with E-state index < -0.39 is 7.60 Å². The summed E-state index contributed by atoms with van der Waals surface area (Å²) in [6.07, 6.45) is 5.54. The molecule has 1 aromatic carbocycles. The number of hydrogen-bond acceptors (Lipinski definition) is 2. The van der Waals surface area contributed by atoms with Crippen LogP contribution in [0.4, 0.5) is 5.69 Å². The molecule has 7 heteroatoms. The average Bonchev–Trinajstić information content (AvgIpc) is 2.40. The molecule has 0 atom stereocenters. The number of anilines is 1. The third-order valence-corrected chi connectivity index (χ3v) is 3.86. The van der Waals surface area contributed by atoms with E-state index in [9.17, 15) is 14.4 Å². The number of hydrogen-bond donors (Lipinski definition) is 3. The highest BCUT2D eigenvalue weighted by molar-refractivity contribution is 7.60. The maximum atomic E-state index is 11.5. The molecule has 1 aliphatic rings. The molecular formula is C13H14N3O3P. The van der Waals surface area contributed by atoms with E-state index in [1.54, 1.807) is 37.3 Å². The van der Waals surface area contributed by atoms with Crippen LogP contribution in [0.1, 0.15) is 12.0 Å². The van der Waals surface area contributed by atoms with Gasteiger partial charge in [-0.2, -0.15) is 4.79 Å². The molecule has 0 spiro atoms. The number of nitrogens with one attached hydrogen (secondary N) is 1. The van der Waals surface area contributed by atoms with Crippen LogP contribution in [0.5, 0.6) is 0 Å². The molecule has 104 valence electrons. The Morgan fingerprint density at radius 3 is 2.65 bits per heavy atom. The van der Waals surface area contributed by atoms with Crippen LogP contribution in [0.15, 0.2) is 42.1 Å². The van der Waals surface area contributed by atoms with Crippen LogP contribution in [-0.2, 0) is 4.57 Å². The second-order valence-electron chi connectivity index (χ2n) is 4.48. The van der Waals surface area contributed by atoms with Crippen molar-refractivity contribution in [1.82, 2.24) is 0 Å². The average molecular weight is 291 g/mol. The van der Waals surface area contributed by atoms with Gasteiger partial charge in [0, 0.05) is 11.8 Å². The molecule has 0 aliphatic heterocycles. The molecular weight excluding hydrogens is 277 g/mol. The maximum absolute atomic E-state index is 11.5. The van der Waals surface area contributed by atoms with Crippen LogP contribution in [0.3, 0.4) is 0 Å². The van der Waals surface area contributed by atoms with Crippen LogP contribution < -0.4 is 10.6 Å². The summed E-state index contributed by atoms with van der Waals surface area (Å²) in [6, 6.07) is 4.88. The summed E-state index contributed by atoms with van der Waals surface area (Å²) in [6.45, 7) is 1.77. The van der Waals surface area contributed by atoms with Gasteiger partial charge in [0.25, 0.3) is 5.71 Å².